The van der Waals surface area contributed by atoms with Crippen LogP contribution in [0.1, 0.15) is 36.9 Å². The number of amides is 4. The molecule has 38 heavy (non-hydrogen) atoms. The molecule has 0 spiro atoms. The number of carboxylic acids is 1. The fourth-order valence-corrected chi connectivity index (χ4v) is 4.15. The van der Waals surface area contributed by atoms with E-state index in [9.17, 15) is 29.1 Å². The van der Waals surface area contributed by atoms with Gasteiger partial charge in [0, 0.05) is 31.2 Å². The number of rotatable bonds is 14. The van der Waals surface area contributed by atoms with Gasteiger partial charge in [0.15, 0.2) is 0 Å². The van der Waals surface area contributed by atoms with Gasteiger partial charge in [0.2, 0.25) is 23.6 Å². The second kappa shape index (κ2) is 13.9. The molecule has 4 atom stereocenters. The minimum Gasteiger partial charge on any atom is -0.480 e. The quantitative estimate of drug-likeness (QED) is 0.157. The zero-order valence-corrected chi connectivity index (χ0v) is 20.8. The van der Waals surface area contributed by atoms with E-state index in [4.69, 9.17) is 5.73 Å². The van der Waals surface area contributed by atoms with Crippen molar-refractivity contribution in [2.24, 2.45) is 5.73 Å². The number of primary amides is 1. The number of hydrogen-bond acceptors (Lipinski definition) is 7. The SMILES string of the molecule is NC(=O)CCC(NC(=O)C(Cc1cnc[nH]1)NC(=O)C(Cc1ccccc1)NC(=O)C1CCCN1)C(=O)O. The van der Waals surface area contributed by atoms with Gasteiger partial charge in [-0.05, 0) is 31.4 Å². The molecule has 8 N–H and O–H groups in total. The number of aromatic amines is 1. The van der Waals surface area contributed by atoms with Gasteiger partial charge >= 0.3 is 5.97 Å². The molecule has 2 aromatic rings. The Morgan fingerprint density at radius 2 is 1.68 bits per heavy atom. The van der Waals surface area contributed by atoms with E-state index in [0.717, 1.165) is 12.0 Å². The summed E-state index contributed by atoms with van der Waals surface area (Å²) in [7, 11) is 0. The van der Waals surface area contributed by atoms with Crippen molar-refractivity contribution in [1.82, 2.24) is 31.2 Å². The van der Waals surface area contributed by atoms with E-state index in [0.29, 0.717) is 18.7 Å². The first-order chi connectivity index (χ1) is 18.2. The molecule has 1 aromatic heterocycles. The Morgan fingerprint density at radius 3 is 2.26 bits per heavy atom. The number of benzene rings is 1. The lowest BCUT2D eigenvalue weighted by atomic mass is 10.0. The molecule has 0 radical (unpaired) electrons. The van der Waals surface area contributed by atoms with E-state index < -0.39 is 47.9 Å². The second-order valence-electron chi connectivity index (χ2n) is 9.15. The molecule has 4 amide bonds. The van der Waals surface area contributed by atoms with Gasteiger partial charge in [0.05, 0.1) is 12.4 Å². The van der Waals surface area contributed by atoms with Crippen molar-refractivity contribution in [3.05, 3.63) is 54.1 Å². The van der Waals surface area contributed by atoms with E-state index in [1.807, 2.05) is 30.3 Å². The summed E-state index contributed by atoms with van der Waals surface area (Å²) in [5, 5.41) is 20.4. The van der Waals surface area contributed by atoms with Crippen LogP contribution in [0.25, 0.3) is 0 Å². The molecule has 4 unspecified atom stereocenters. The standard InChI is InChI=1S/C25H33N7O6/c26-21(33)9-8-18(25(37)38)30-24(36)20(12-16-13-27-14-29-16)32-23(35)19(11-15-5-2-1-3-6-15)31-22(34)17-7-4-10-28-17/h1-3,5-6,13-14,17-20,28H,4,7-12H2,(H2,26,33)(H,27,29)(H,30,36)(H,31,34)(H,32,35)(H,37,38). The summed E-state index contributed by atoms with van der Waals surface area (Å²) in [5.74, 6) is -3.74. The molecule has 1 saturated heterocycles. The van der Waals surface area contributed by atoms with Crippen molar-refractivity contribution in [1.29, 1.82) is 0 Å². The summed E-state index contributed by atoms with van der Waals surface area (Å²) in [5.41, 5.74) is 6.44. The summed E-state index contributed by atoms with van der Waals surface area (Å²) in [6.45, 7) is 0.709. The first kappa shape index (κ1) is 28.3. The third-order valence-corrected chi connectivity index (χ3v) is 6.20. The number of aromatic nitrogens is 2. The number of hydrogen-bond donors (Lipinski definition) is 7. The molecular formula is C25H33N7O6. The molecule has 13 nitrogen and oxygen atoms in total. The van der Waals surface area contributed by atoms with Crippen molar-refractivity contribution < 1.29 is 29.1 Å². The number of carbonyl (C=O) groups is 5. The number of nitrogens with one attached hydrogen (secondary N) is 5. The third kappa shape index (κ3) is 8.69. The maximum Gasteiger partial charge on any atom is 0.326 e. The van der Waals surface area contributed by atoms with Gasteiger partial charge in [-0.1, -0.05) is 30.3 Å². The maximum atomic E-state index is 13.4. The van der Waals surface area contributed by atoms with Crippen LogP contribution >= 0.6 is 0 Å². The fourth-order valence-electron chi connectivity index (χ4n) is 4.15. The first-order valence-corrected chi connectivity index (χ1v) is 12.4. The van der Waals surface area contributed by atoms with E-state index in [1.54, 1.807) is 0 Å². The van der Waals surface area contributed by atoms with Gasteiger partial charge in [-0.3, -0.25) is 19.2 Å². The van der Waals surface area contributed by atoms with Crippen LogP contribution in [0.5, 0.6) is 0 Å². The maximum absolute atomic E-state index is 13.4. The van der Waals surface area contributed by atoms with Crippen LogP contribution in [0.2, 0.25) is 0 Å². The highest BCUT2D eigenvalue weighted by molar-refractivity contribution is 5.94. The average molecular weight is 528 g/mol. The Morgan fingerprint density at radius 1 is 1.00 bits per heavy atom. The van der Waals surface area contributed by atoms with Crippen molar-refractivity contribution in [2.75, 3.05) is 6.54 Å². The normalized spacial score (nSPS) is 17.1. The monoisotopic (exact) mass is 527 g/mol. The van der Waals surface area contributed by atoms with Crippen LogP contribution in [-0.2, 0) is 36.8 Å². The van der Waals surface area contributed by atoms with Crippen LogP contribution in [0, 0.1) is 0 Å². The molecule has 1 fully saturated rings. The molecule has 1 aliphatic heterocycles. The van der Waals surface area contributed by atoms with Crippen LogP contribution in [0.3, 0.4) is 0 Å². The van der Waals surface area contributed by atoms with Crippen molar-refractivity contribution in [2.45, 2.75) is 62.7 Å². The van der Waals surface area contributed by atoms with Crippen LogP contribution in [0.15, 0.2) is 42.9 Å². The third-order valence-electron chi connectivity index (χ3n) is 6.20. The number of imidazole rings is 1. The molecule has 204 valence electrons. The Balaban J connectivity index is 1.77. The van der Waals surface area contributed by atoms with Crippen molar-refractivity contribution in [3.63, 3.8) is 0 Å². The summed E-state index contributed by atoms with van der Waals surface area (Å²) < 4.78 is 0. The van der Waals surface area contributed by atoms with Gasteiger partial charge in [0.25, 0.3) is 0 Å². The van der Waals surface area contributed by atoms with E-state index in [2.05, 4.69) is 31.2 Å². The predicted molar refractivity (Wildman–Crippen MR) is 135 cm³/mol. The van der Waals surface area contributed by atoms with E-state index in [1.165, 1.54) is 12.5 Å². The first-order valence-electron chi connectivity index (χ1n) is 12.4. The molecule has 3 rings (SSSR count). The van der Waals surface area contributed by atoms with Crippen molar-refractivity contribution in [3.8, 4) is 0 Å². The lowest BCUT2D eigenvalue weighted by Gasteiger charge is -2.25. The van der Waals surface area contributed by atoms with Gasteiger partial charge in [-0.25, -0.2) is 9.78 Å². The molecule has 0 aliphatic carbocycles. The summed E-state index contributed by atoms with van der Waals surface area (Å²) in [6, 6.07) is 5.13. The predicted octanol–water partition coefficient (Wildman–Crippen LogP) is -1.25. The highest BCUT2D eigenvalue weighted by Gasteiger charge is 2.32. The van der Waals surface area contributed by atoms with E-state index in [-0.39, 0.29) is 31.6 Å². The number of nitrogens with two attached hydrogens (primary N) is 1. The average Bonchev–Trinajstić information content (AvgIpc) is 3.60. The highest BCUT2D eigenvalue weighted by atomic mass is 16.4. The van der Waals surface area contributed by atoms with Crippen LogP contribution in [-0.4, -0.2) is 75.4 Å². The Labute approximate surface area is 219 Å². The topological polar surface area (TPSA) is 208 Å². The van der Waals surface area contributed by atoms with Gasteiger partial charge in [-0.2, -0.15) is 0 Å². The zero-order chi connectivity index (χ0) is 27.5. The molecule has 2 heterocycles. The number of nitrogens with zero attached hydrogens (tertiary/aromatic N) is 1. The molecule has 1 aromatic carbocycles. The minimum atomic E-state index is -1.38. The van der Waals surface area contributed by atoms with Crippen LogP contribution in [0.4, 0.5) is 0 Å². The summed E-state index contributed by atoms with van der Waals surface area (Å²) in [6.07, 6.45) is 4.10. The largest absolute Gasteiger partial charge is 0.480 e. The fraction of sp³-hybridized carbons (Fsp3) is 0.440. The van der Waals surface area contributed by atoms with Crippen molar-refractivity contribution >= 4 is 29.6 Å². The minimum absolute atomic E-state index is 0.0179. The Bertz CT molecular complexity index is 1100. The molecule has 0 bridgehead atoms. The second-order valence-corrected chi connectivity index (χ2v) is 9.15. The molecule has 0 saturated carbocycles. The Hall–Kier alpha value is -4.26. The zero-order valence-electron chi connectivity index (χ0n) is 20.8. The number of aliphatic carboxylic acids is 1. The smallest absolute Gasteiger partial charge is 0.326 e. The van der Waals surface area contributed by atoms with Crippen LogP contribution < -0.4 is 27.0 Å². The lowest BCUT2D eigenvalue weighted by molar-refractivity contribution is -0.142. The molecule has 1 aliphatic rings. The lowest BCUT2D eigenvalue weighted by Crippen LogP contribution is -2.58. The Kier molecular flexibility index (Phi) is 10.3. The summed E-state index contributed by atoms with van der Waals surface area (Å²) >= 11 is 0. The molecule has 13 heteroatoms. The number of H-pyrrole nitrogens is 1. The summed E-state index contributed by atoms with van der Waals surface area (Å²) in [4.78, 5) is 68.9. The molecular weight excluding hydrogens is 494 g/mol. The van der Waals surface area contributed by atoms with Gasteiger partial charge < -0.3 is 37.1 Å². The number of carbonyl (C=O) groups excluding carboxylic acids is 4. The highest BCUT2D eigenvalue weighted by Crippen LogP contribution is 2.09. The van der Waals surface area contributed by atoms with Gasteiger partial charge in [-0.15, -0.1) is 0 Å². The number of carboxylic acid groups (broad SMARTS) is 1. The van der Waals surface area contributed by atoms with E-state index >= 15 is 0 Å². The van der Waals surface area contributed by atoms with Gasteiger partial charge in [0.1, 0.15) is 18.1 Å².